The van der Waals surface area contributed by atoms with E-state index < -0.39 is 42.5 Å². The summed E-state index contributed by atoms with van der Waals surface area (Å²) >= 11 is 0. The van der Waals surface area contributed by atoms with Gasteiger partial charge in [0, 0.05) is 35.6 Å². The van der Waals surface area contributed by atoms with Crippen LogP contribution in [-0.4, -0.2) is 45.0 Å². The topological polar surface area (TPSA) is 80.3 Å². The summed E-state index contributed by atoms with van der Waals surface area (Å²) < 4.78 is 71.9. The van der Waals surface area contributed by atoms with Crippen molar-refractivity contribution in [1.82, 2.24) is 19.4 Å². The van der Waals surface area contributed by atoms with Crippen LogP contribution in [0.4, 0.5) is 38.3 Å². The lowest BCUT2D eigenvalue weighted by molar-refractivity contribution is 0.0940. The predicted octanol–water partition coefficient (Wildman–Crippen LogP) is 4.88. The van der Waals surface area contributed by atoms with Gasteiger partial charge in [-0.2, -0.15) is 0 Å². The second-order valence-corrected chi connectivity index (χ2v) is 8.37. The van der Waals surface area contributed by atoms with Crippen molar-refractivity contribution in [1.29, 1.82) is 0 Å². The van der Waals surface area contributed by atoms with Crippen molar-refractivity contribution >= 4 is 28.6 Å². The molecule has 7 nitrogen and oxygen atoms in total. The quantitative estimate of drug-likeness (QED) is 0.395. The fourth-order valence-electron chi connectivity index (χ4n) is 4.58. The van der Waals surface area contributed by atoms with Crippen molar-refractivity contribution in [3.05, 3.63) is 71.9 Å². The number of halogens is 5. The zero-order chi connectivity index (χ0) is 25.7. The first-order valence-electron chi connectivity index (χ1n) is 10.8. The summed E-state index contributed by atoms with van der Waals surface area (Å²) in [5, 5.41) is 0.452. The van der Waals surface area contributed by atoms with Crippen LogP contribution in [-0.2, 0) is 7.05 Å². The number of alkyl halides is 2. The molecule has 0 spiro atoms. The summed E-state index contributed by atoms with van der Waals surface area (Å²) in [6.45, 7) is -1.27. The maximum Gasteiger partial charge on any atom is 0.325 e. The number of hydrogen-bond acceptors (Lipinski definition) is 4. The highest BCUT2D eigenvalue weighted by atomic mass is 19.3. The van der Waals surface area contributed by atoms with E-state index in [2.05, 4.69) is 9.97 Å². The second-order valence-electron chi connectivity index (χ2n) is 8.37. The van der Waals surface area contributed by atoms with Gasteiger partial charge in [0.05, 0.1) is 24.5 Å². The van der Waals surface area contributed by atoms with Crippen LogP contribution in [0.1, 0.15) is 11.6 Å². The molecule has 2 aromatic carbocycles. The van der Waals surface area contributed by atoms with Crippen LogP contribution in [0.15, 0.2) is 48.9 Å². The molecule has 4 aromatic rings. The van der Waals surface area contributed by atoms with Gasteiger partial charge in [-0.15, -0.1) is 0 Å². The van der Waals surface area contributed by atoms with E-state index in [-0.39, 0.29) is 29.2 Å². The zero-order valence-corrected chi connectivity index (χ0v) is 18.8. The van der Waals surface area contributed by atoms with Gasteiger partial charge in [0.1, 0.15) is 23.6 Å². The minimum absolute atomic E-state index is 0.0734. The normalized spacial score (nSPS) is 16.1. The van der Waals surface area contributed by atoms with E-state index in [1.807, 2.05) is 0 Å². The number of carbonyl (C=O) groups is 1. The predicted molar refractivity (Wildman–Crippen MR) is 123 cm³/mol. The molecule has 0 saturated carbocycles. The van der Waals surface area contributed by atoms with Crippen LogP contribution in [0.5, 0.6) is 0 Å². The molecule has 12 heteroatoms. The van der Waals surface area contributed by atoms with Crippen LogP contribution < -0.4 is 10.6 Å². The van der Waals surface area contributed by atoms with Gasteiger partial charge in [0.2, 0.25) is 0 Å². The number of nitrogens with two attached hydrogens (primary N) is 1. The van der Waals surface area contributed by atoms with E-state index in [4.69, 9.17) is 5.73 Å². The Balaban J connectivity index is 1.54. The first-order valence-corrected chi connectivity index (χ1v) is 10.8. The molecule has 1 atom stereocenters. The van der Waals surface area contributed by atoms with E-state index in [1.165, 1.54) is 30.6 Å². The van der Waals surface area contributed by atoms with E-state index >= 15 is 4.39 Å². The van der Waals surface area contributed by atoms with Crippen LogP contribution in [0.25, 0.3) is 22.2 Å². The molecule has 2 N–H and O–H groups in total. The number of urea groups is 1. The molecule has 186 valence electrons. The molecule has 1 saturated heterocycles. The number of carbonyl (C=O) groups excluding carboxylic acids is 1. The molecule has 36 heavy (non-hydrogen) atoms. The van der Waals surface area contributed by atoms with Crippen molar-refractivity contribution in [2.24, 2.45) is 7.05 Å². The molecule has 2 aromatic heterocycles. The van der Waals surface area contributed by atoms with E-state index in [0.717, 1.165) is 21.9 Å². The third kappa shape index (κ3) is 3.78. The van der Waals surface area contributed by atoms with Crippen LogP contribution in [0, 0.1) is 17.5 Å². The third-order valence-corrected chi connectivity index (χ3v) is 6.22. The summed E-state index contributed by atoms with van der Waals surface area (Å²) in [4.78, 5) is 23.0. The standard InChI is InChI=1S/C24H19F5N6O/c1-33-8-15(20-22(30)31-11-32-23(20)33)13-6-5-12(7-17(13)26)34-9-18(35(24(34)36)10-19(27)28)14-3-2-4-16(25)21(14)29/h2-8,11,18-19H,9-10H2,1H3,(H2,30,31,32). The van der Waals surface area contributed by atoms with Gasteiger partial charge in [-0.3, -0.25) is 4.90 Å². The van der Waals surface area contributed by atoms with E-state index in [0.29, 0.717) is 16.6 Å². The number of amides is 2. The third-order valence-electron chi connectivity index (χ3n) is 6.22. The second kappa shape index (κ2) is 8.77. The highest BCUT2D eigenvalue weighted by Crippen LogP contribution is 2.38. The van der Waals surface area contributed by atoms with E-state index in [1.54, 1.807) is 17.8 Å². The Hall–Kier alpha value is -4.22. The summed E-state index contributed by atoms with van der Waals surface area (Å²) in [7, 11) is 1.72. The Morgan fingerprint density at radius 2 is 1.86 bits per heavy atom. The number of aromatic nitrogens is 3. The number of anilines is 2. The van der Waals surface area contributed by atoms with Gasteiger partial charge in [0.25, 0.3) is 6.43 Å². The van der Waals surface area contributed by atoms with Gasteiger partial charge in [-0.1, -0.05) is 12.1 Å². The highest BCUT2D eigenvalue weighted by molar-refractivity contribution is 6.01. The molecule has 0 radical (unpaired) electrons. The summed E-state index contributed by atoms with van der Waals surface area (Å²) in [5.74, 6) is -2.94. The summed E-state index contributed by atoms with van der Waals surface area (Å²) in [5.41, 5.74) is 6.91. The van der Waals surface area contributed by atoms with Crippen molar-refractivity contribution in [3.8, 4) is 11.1 Å². The van der Waals surface area contributed by atoms with Gasteiger partial charge < -0.3 is 15.2 Å². The number of rotatable bonds is 5. The fraction of sp³-hybridized carbons (Fsp3) is 0.208. The maximum absolute atomic E-state index is 15.4. The van der Waals surface area contributed by atoms with Gasteiger partial charge in [-0.05, 0) is 24.3 Å². The molecule has 1 aliphatic rings. The molecule has 2 amide bonds. The van der Waals surface area contributed by atoms with E-state index in [9.17, 15) is 22.4 Å². The molecule has 3 heterocycles. The summed E-state index contributed by atoms with van der Waals surface area (Å²) in [6.07, 6.45) is 0.0244. The number of fused-ring (bicyclic) bond motifs is 1. The maximum atomic E-state index is 15.4. The lowest BCUT2D eigenvalue weighted by Gasteiger charge is -2.23. The van der Waals surface area contributed by atoms with Crippen LogP contribution >= 0.6 is 0 Å². The number of aryl methyl sites for hydroxylation is 1. The molecule has 5 rings (SSSR count). The SMILES string of the molecule is Cn1cc(-c2ccc(N3CC(c4cccc(F)c4F)N(CC(F)F)C3=O)cc2F)c2c(N)ncnc21. The highest BCUT2D eigenvalue weighted by Gasteiger charge is 2.41. The van der Waals surface area contributed by atoms with Crippen molar-refractivity contribution in [2.75, 3.05) is 23.7 Å². The Kier molecular flexibility index (Phi) is 5.73. The Bertz CT molecular complexity index is 1490. The molecule has 0 bridgehead atoms. The van der Waals surface area contributed by atoms with Crippen molar-refractivity contribution < 1.29 is 26.7 Å². The van der Waals surface area contributed by atoms with Gasteiger partial charge >= 0.3 is 6.03 Å². The van der Waals surface area contributed by atoms with Crippen molar-refractivity contribution in [2.45, 2.75) is 12.5 Å². The Labute approximate surface area is 201 Å². The average molecular weight is 502 g/mol. The number of nitrogen functional groups attached to an aromatic ring is 1. The molecule has 0 aliphatic carbocycles. The lowest BCUT2D eigenvalue weighted by atomic mass is 10.0. The fourth-order valence-corrected chi connectivity index (χ4v) is 4.58. The Morgan fingerprint density at radius 1 is 1.08 bits per heavy atom. The van der Waals surface area contributed by atoms with Crippen LogP contribution in [0.2, 0.25) is 0 Å². The van der Waals surface area contributed by atoms with Crippen LogP contribution in [0.3, 0.4) is 0 Å². The van der Waals surface area contributed by atoms with Crippen molar-refractivity contribution in [3.63, 3.8) is 0 Å². The number of benzene rings is 2. The summed E-state index contributed by atoms with van der Waals surface area (Å²) in [6, 6.07) is 5.23. The minimum Gasteiger partial charge on any atom is -0.383 e. The number of nitrogens with zero attached hydrogens (tertiary/aromatic N) is 5. The average Bonchev–Trinajstić information content (AvgIpc) is 3.33. The smallest absolute Gasteiger partial charge is 0.325 e. The monoisotopic (exact) mass is 502 g/mol. The minimum atomic E-state index is -2.91. The first kappa shape index (κ1) is 23.5. The van der Waals surface area contributed by atoms with Gasteiger partial charge in [0.15, 0.2) is 11.6 Å². The molecule has 1 aliphatic heterocycles. The lowest BCUT2D eigenvalue weighted by Crippen LogP contribution is -2.36. The molecular formula is C24H19F5N6O. The Morgan fingerprint density at radius 3 is 2.58 bits per heavy atom. The number of hydrogen-bond donors (Lipinski definition) is 1. The largest absolute Gasteiger partial charge is 0.383 e. The van der Waals surface area contributed by atoms with Gasteiger partial charge in [-0.25, -0.2) is 36.7 Å². The first-order chi connectivity index (χ1) is 17.2. The molecular weight excluding hydrogens is 483 g/mol. The molecule has 1 unspecified atom stereocenters. The molecule has 1 fully saturated rings. The zero-order valence-electron chi connectivity index (χ0n) is 18.8.